The van der Waals surface area contributed by atoms with E-state index in [4.69, 9.17) is 10.5 Å². The number of anilines is 2. The quantitative estimate of drug-likeness (QED) is 0.832. The molecule has 0 saturated heterocycles. The van der Waals surface area contributed by atoms with E-state index >= 15 is 0 Å². The van der Waals surface area contributed by atoms with Crippen LogP contribution < -0.4 is 15.8 Å². The van der Waals surface area contributed by atoms with Crippen LogP contribution in [0.25, 0.3) is 0 Å². The molecule has 0 amide bonds. The van der Waals surface area contributed by atoms with Crippen LogP contribution in [0, 0.1) is 0 Å². The van der Waals surface area contributed by atoms with Gasteiger partial charge in [0.05, 0.1) is 6.61 Å². The molecule has 0 fully saturated rings. The van der Waals surface area contributed by atoms with Gasteiger partial charge in [-0.05, 0) is 24.1 Å². The van der Waals surface area contributed by atoms with Crippen LogP contribution in [-0.2, 0) is 6.54 Å². The van der Waals surface area contributed by atoms with Gasteiger partial charge in [-0.2, -0.15) is 0 Å². The molecule has 19 heavy (non-hydrogen) atoms. The van der Waals surface area contributed by atoms with Crippen molar-refractivity contribution >= 4 is 11.5 Å². The van der Waals surface area contributed by atoms with E-state index in [1.807, 2.05) is 24.3 Å². The average molecular weight is 258 g/mol. The molecule has 5 heteroatoms. The lowest BCUT2D eigenvalue weighted by atomic mass is 10.2. The monoisotopic (exact) mass is 258 g/mol. The van der Waals surface area contributed by atoms with Crippen molar-refractivity contribution in [1.29, 1.82) is 0 Å². The number of nitrogens with one attached hydrogen (secondary N) is 1. The molecular weight excluding hydrogens is 240 g/mol. The maximum atomic E-state index is 5.56. The number of hydrogen-bond acceptors (Lipinski definition) is 5. The van der Waals surface area contributed by atoms with Gasteiger partial charge in [0.15, 0.2) is 0 Å². The molecule has 100 valence electrons. The minimum atomic E-state index is 0.544. The number of rotatable bonds is 6. The van der Waals surface area contributed by atoms with E-state index in [2.05, 4.69) is 22.2 Å². The highest BCUT2D eigenvalue weighted by Gasteiger charge is 2.00. The number of nitrogens with two attached hydrogens (primary N) is 1. The van der Waals surface area contributed by atoms with E-state index in [9.17, 15) is 0 Å². The molecule has 0 radical (unpaired) electrons. The molecule has 5 nitrogen and oxygen atoms in total. The van der Waals surface area contributed by atoms with Crippen LogP contribution in [0.1, 0.15) is 18.9 Å². The lowest BCUT2D eigenvalue weighted by Crippen LogP contribution is -2.00. The second-order valence-electron chi connectivity index (χ2n) is 4.12. The molecule has 0 spiro atoms. The molecule has 0 aliphatic heterocycles. The van der Waals surface area contributed by atoms with Crippen LogP contribution >= 0.6 is 0 Å². The Morgan fingerprint density at radius 3 is 2.68 bits per heavy atom. The van der Waals surface area contributed by atoms with Gasteiger partial charge in [0.2, 0.25) is 5.88 Å². The van der Waals surface area contributed by atoms with Gasteiger partial charge >= 0.3 is 0 Å². The van der Waals surface area contributed by atoms with Crippen molar-refractivity contribution in [3.8, 4) is 5.88 Å². The second kappa shape index (κ2) is 6.70. The molecule has 0 bridgehead atoms. The standard InChI is InChI=1S/C14H18N4O/c1-2-7-19-14-8-13(16-10-17-14)18-12-5-3-11(9-15)4-6-12/h3-6,8,10H,2,7,9,15H2,1H3,(H,16,17,18). The van der Waals surface area contributed by atoms with Crippen molar-refractivity contribution < 1.29 is 4.74 Å². The smallest absolute Gasteiger partial charge is 0.218 e. The summed E-state index contributed by atoms with van der Waals surface area (Å²) in [4.78, 5) is 8.21. The zero-order valence-electron chi connectivity index (χ0n) is 11.0. The largest absolute Gasteiger partial charge is 0.478 e. The highest BCUT2D eigenvalue weighted by molar-refractivity contribution is 5.56. The molecule has 0 atom stereocenters. The normalized spacial score (nSPS) is 10.2. The Labute approximate surface area is 112 Å². The predicted molar refractivity (Wildman–Crippen MR) is 75.4 cm³/mol. The Morgan fingerprint density at radius 1 is 1.21 bits per heavy atom. The average Bonchev–Trinajstić information content (AvgIpc) is 2.46. The summed E-state index contributed by atoms with van der Waals surface area (Å²) in [5.41, 5.74) is 7.61. The van der Waals surface area contributed by atoms with E-state index in [-0.39, 0.29) is 0 Å². The lowest BCUT2D eigenvalue weighted by molar-refractivity contribution is 0.305. The zero-order chi connectivity index (χ0) is 13.5. The van der Waals surface area contributed by atoms with Gasteiger partial charge in [-0.15, -0.1) is 0 Å². The zero-order valence-corrected chi connectivity index (χ0v) is 11.0. The van der Waals surface area contributed by atoms with Crippen LogP contribution in [0.2, 0.25) is 0 Å². The summed E-state index contributed by atoms with van der Waals surface area (Å²) < 4.78 is 5.46. The van der Waals surface area contributed by atoms with E-state index in [1.54, 1.807) is 6.07 Å². The van der Waals surface area contributed by atoms with Crippen molar-refractivity contribution in [3.63, 3.8) is 0 Å². The van der Waals surface area contributed by atoms with Crippen molar-refractivity contribution in [2.75, 3.05) is 11.9 Å². The second-order valence-corrected chi connectivity index (χ2v) is 4.12. The number of nitrogens with zero attached hydrogens (tertiary/aromatic N) is 2. The van der Waals surface area contributed by atoms with Crippen molar-refractivity contribution in [2.24, 2.45) is 5.73 Å². The summed E-state index contributed by atoms with van der Waals surface area (Å²) in [7, 11) is 0. The predicted octanol–water partition coefficient (Wildman–Crippen LogP) is 2.47. The fourth-order valence-corrected chi connectivity index (χ4v) is 1.57. The van der Waals surface area contributed by atoms with Crippen molar-refractivity contribution in [3.05, 3.63) is 42.2 Å². The molecule has 3 N–H and O–H groups in total. The Hall–Kier alpha value is -2.14. The molecule has 2 rings (SSSR count). The van der Waals surface area contributed by atoms with Gasteiger partial charge < -0.3 is 15.8 Å². The molecule has 0 aliphatic carbocycles. The van der Waals surface area contributed by atoms with E-state index in [0.717, 1.165) is 17.7 Å². The number of hydrogen-bond donors (Lipinski definition) is 2. The Balaban J connectivity index is 2.05. The molecule has 0 aliphatic rings. The third-order valence-corrected chi connectivity index (χ3v) is 2.56. The van der Waals surface area contributed by atoms with Crippen LogP contribution in [0.4, 0.5) is 11.5 Å². The van der Waals surface area contributed by atoms with Gasteiger partial charge in [-0.3, -0.25) is 0 Å². The topological polar surface area (TPSA) is 73.1 Å². The molecule has 0 saturated carbocycles. The summed E-state index contributed by atoms with van der Waals surface area (Å²) in [5, 5.41) is 3.20. The van der Waals surface area contributed by atoms with E-state index in [0.29, 0.717) is 24.8 Å². The Morgan fingerprint density at radius 2 is 2.00 bits per heavy atom. The fraction of sp³-hybridized carbons (Fsp3) is 0.286. The summed E-state index contributed by atoms with van der Waals surface area (Å²) in [6.07, 6.45) is 2.44. The molecule has 1 aromatic carbocycles. The highest BCUT2D eigenvalue weighted by Crippen LogP contribution is 2.17. The first-order valence-corrected chi connectivity index (χ1v) is 6.32. The first-order valence-electron chi connectivity index (χ1n) is 6.32. The van der Waals surface area contributed by atoms with Gasteiger partial charge in [-0.25, -0.2) is 9.97 Å². The summed E-state index contributed by atoms with van der Waals surface area (Å²) >= 11 is 0. The maximum Gasteiger partial charge on any atom is 0.218 e. The van der Waals surface area contributed by atoms with Gasteiger partial charge in [-0.1, -0.05) is 19.1 Å². The number of aromatic nitrogens is 2. The van der Waals surface area contributed by atoms with Crippen molar-refractivity contribution in [2.45, 2.75) is 19.9 Å². The molecule has 2 aromatic rings. The molecule has 0 unspecified atom stereocenters. The minimum Gasteiger partial charge on any atom is -0.478 e. The van der Waals surface area contributed by atoms with Gasteiger partial charge in [0, 0.05) is 18.3 Å². The molecule has 1 heterocycles. The Kier molecular flexibility index (Phi) is 4.69. The number of ether oxygens (including phenoxy) is 1. The van der Waals surface area contributed by atoms with Crippen LogP contribution in [0.15, 0.2) is 36.7 Å². The van der Waals surface area contributed by atoms with E-state index < -0.39 is 0 Å². The summed E-state index contributed by atoms with van der Waals surface area (Å²) in [5.74, 6) is 1.29. The number of benzene rings is 1. The summed E-state index contributed by atoms with van der Waals surface area (Å²) in [6, 6.07) is 9.69. The van der Waals surface area contributed by atoms with Crippen LogP contribution in [-0.4, -0.2) is 16.6 Å². The van der Waals surface area contributed by atoms with Crippen molar-refractivity contribution in [1.82, 2.24) is 9.97 Å². The molecule has 1 aromatic heterocycles. The van der Waals surface area contributed by atoms with Crippen LogP contribution in [0.3, 0.4) is 0 Å². The van der Waals surface area contributed by atoms with Crippen LogP contribution in [0.5, 0.6) is 5.88 Å². The minimum absolute atomic E-state index is 0.544. The maximum absolute atomic E-state index is 5.56. The van der Waals surface area contributed by atoms with E-state index in [1.165, 1.54) is 6.33 Å². The first kappa shape index (κ1) is 13.3. The highest BCUT2D eigenvalue weighted by atomic mass is 16.5. The van der Waals surface area contributed by atoms with Gasteiger partial charge in [0.1, 0.15) is 12.1 Å². The first-order chi connectivity index (χ1) is 9.31. The SMILES string of the molecule is CCCOc1cc(Nc2ccc(CN)cc2)ncn1. The van der Waals surface area contributed by atoms with Gasteiger partial charge in [0.25, 0.3) is 0 Å². The third-order valence-electron chi connectivity index (χ3n) is 2.56. The summed E-state index contributed by atoms with van der Waals surface area (Å²) in [6.45, 7) is 3.25. The third kappa shape index (κ3) is 3.93. The Bertz CT molecular complexity index is 513. The molecular formula is C14H18N4O. The lowest BCUT2D eigenvalue weighted by Gasteiger charge is -2.08. The fourth-order valence-electron chi connectivity index (χ4n) is 1.57.